The van der Waals surface area contributed by atoms with Crippen LogP contribution in [0.25, 0.3) is 0 Å². The van der Waals surface area contributed by atoms with Crippen molar-refractivity contribution in [3.63, 3.8) is 0 Å². The number of carboxylic acids is 1. The summed E-state index contributed by atoms with van der Waals surface area (Å²) in [6.07, 6.45) is 4.44. The van der Waals surface area contributed by atoms with Gasteiger partial charge in [0.1, 0.15) is 0 Å². The van der Waals surface area contributed by atoms with E-state index in [0.29, 0.717) is 19.4 Å². The van der Waals surface area contributed by atoms with E-state index < -0.39 is 5.97 Å². The summed E-state index contributed by atoms with van der Waals surface area (Å²) in [7, 11) is 0. The van der Waals surface area contributed by atoms with E-state index in [1.165, 1.54) is 0 Å². The van der Waals surface area contributed by atoms with Crippen molar-refractivity contribution in [2.24, 2.45) is 0 Å². The Morgan fingerprint density at radius 2 is 2.06 bits per heavy atom. The predicted octanol–water partition coefficient (Wildman–Crippen LogP) is 1.68. The average Bonchev–Trinajstić information content (AvgIpc) is 2.25. The second-order valence-corrected chi connectivity index (χ2v) is 4.92. The number of amides is 2. The van der Waals surface area contributed by atoms with Crippen LogP contribution in [0.5, 0.6) is 0 Å². The zero-order valence-electron chi connectivity index (χ0n) is 10.5. The Morgan fingerprint density at radius 1 is 1.35 bits per heavy atom. The second-order valence-electron chi connectivity index (χ2n) is 3.93. The topological polar surface area (TPSA) is 78.4 Å². The second kappa shape index (κ2) is 10.3. The van der Waals surface area contributed by atoms with Gasteiger partial charge in [-0.25, -0.2) is 4.79 Å². The maximum Gasteiger partial charge on any atom is 0.314 e. The van der Waals surface area contributed by atoms with Crippen molar-refractivity contribution in [2.45, 2.75) is 38.6 Å². The lowest BCUT2D eigenvalue weighted by Crippen LogP contribution is -2.41. The highest BCUT2D eigenvalue weighted by molar-refractivity contribution is 7.98. The number of unbranched alkanes of at least 4 members (excludes halogenated alkanes) is 1. The minimum atomic E-state index is -0.792. The van der Waals surface area contributed by atoms with Crippen LogP contribution < -0.4 is 10.6 Å². The molecule has 0 saturated heterocycles. The lowest BCUT2D eigenvalue weighted by atomic mass is 10.2. The first-order valence-corrected chi connectivity index (χ1v) is 7.20. The summed E-state index contributed by atoms with van der Waals surface area (Å²) in [4.78, 5) is 21.6. The van der Waals surface area contributed by atoms with Gasteiger partial charge in [0, 0.05) is 19.0 Å². The molecule has 3 N–H and O–H groups in total. The van der Waals surface area contributed by atoms with Crippen LogP contribution in [0.4, 0.5) is 4.79 Å². The van der Waals surface area contributed by atoms with Crippen molar-refractivity contribution in [2.75, 3.05) is 18.6 Å². The lowest BCUT2D eigenvalue weighted by molar-refractivity contribution is -0.137. The van der Waals surface area contributed by atoms with Crippen molar-refractivity contribution in [1.82, 2.24) is 10.6 Å². The zero-order chi connectivity index (χ0) is 13.1. The Kier molecular flexibility index (Phi) is 9.71. The van der Waals surface area contributed by atoms with Crippen molar-refractivity contribution < 1.29 is 14.7 Å². The molecule has 0 bridgehead atoms. The van der Waals surface area contributed by atoms with Gasteiger partial charge in [-0.3, -0.25) is 4.79 Å². The van der Waals surface area contributed by atoms with Crippen LogP contribution in [-0.4, -0.2) is 41.7 Å². The normalized spacial score (nSPS) is 11.9. The van der Waals surface area contributed by atoms with Crippen LogP contribution in [0.1, 0.15) is 32.6 Å². The molecule has 0 aromatic rings. The molecule has 0 aliphatic rings. The van der Waals surface area contributed by atoms with Crippen molar-refractivity contribution in [1.29, 1.82) is 0 Å². The number of carboxylic acid groups (broad SMARTS) is 1. The minimum Gasteiger partial charge on any atom is -0.481 e. The van der Waals surface area contributed by atoms with Gasteiger partial charge >= 0.3 is 12.0 Å². The van der Waals surface area contributed by atoms with E-state index in [1.807, 2.05) is 13.2 Å². The molecule has 0 heterocycles. The largest absolute Gasteiger partial charge is 0.481 e. The van der Waals surface area contributed by atoms with Crippen molar-refractivity contribution >= 4 is 23.8 Å². The third kappa shape index (κ3) is 11.4. The maximum atomic E-state index is 11.4. The molecular formula is C11H22N2O3S. The zero-order valence-corrected chi connectivity index (χ0v) is 11.3. The smallest absolute Gasteiger partial charge is 0.314 e. The van der Waals surface area contributed by atoms with E-state index >= 15 is 0 Å². The van der Waals surface area contributed by atoms with E-state index in [-0.39, 0.29) is 18.5 Å². The number of hydrogen-bond acceptors (Lipinski definition) is 3. The van der Waals surface area contributed by atoms with E-state index in [9.17, 15) is 9.59 Å². The first-order valence-electron chi connectivity index (χ1n) is 5.81. The first-order chi connectivity index (χ1) is 8.06. The van der Waals surface area contributed by atoms with Gasteiger partial charge in [0.15, 0.2) is 0 Å². The maximum absolute atomic E-state index is 11.4. The SMILES string of the molecule is CSCCC(C)NC(=O)NCCCCC(=O)O. The number of carbonyl (C=O) groups is 2. The fraction of sp³-hybridized carbons (Fsp3) is 0.818. The molecule has 6 heteroatoms. The summed E-state index contributed by atoms with van der Waals surface area (Å²) in [5, 5.41) is 14.0. The van der Waals surface area contributed by atoms with Gasteiger partial charge in [-0.15, -0.1) is 0 Å². The Labute approximate surface area is 107 Å². The van der Waals surface area contributed by atoms with E-state index in [0.717, 1.165) is 12.2 Å². The fourth-order valence-electron chi connectivity index (χ4n) is 1.24. The highest BCUT2D eigenvalue weighted by Crippen LogP contribution is 1.99. The van der Waals surface area contributed by atoms with Crippen LogP contribution in [-0.2, 0) is 4.79 Å². The summed E-state index contributed by atoms with van der Waals surface area (Å²) in [5.41, 5.74) is 0. The molecule has 0 aliphatic heterocycles. The van der Waals surface area contributed by atoms with Gasteiger partial charge < -0.3 is 15.7 Å². The number of rotatable bonds is 9. The van der Waals surface area contributed by atoms with Gasteiger partial charge in [0.25, 0.3) is 0 Å². The molecule has 0 aromatic carbocycles. The van der Waals surface area contributed by atoms with Gasteiger partial charge in [-0.05, 0) is 38.2 Å². The lowest BCUT2D eigenvalue weighted by Gasteiger charge is -2.13. The molecule has 0 saturated carbocycles. The molecule has 0 aromatic heterocycles. The molecule has 0 rings (SSSR count). The molecule has 1 unspecified atom stereocenters. The molecule has 100 valence electrons. The summed E-state index contributed by atoms with van der Waals surface area (Å²) in [5.74, 6) is 0.236. The van der Waals surface area contributed by atoms with Gasteiger partial charge in [0.2, 0.25) is 0 Å². The first kappa shape index (κ1) is 16.1. The number of urea groups is 1. The molecular weight excluding hydrogens is 240 g/mol. The number of aliphatic carboxylic acids is 1. The quantitative estimate of drug-likeness (QED) is 0.552. The number of hydrogen-bond donors (Lipinski definition) is 3. The summed E-state index contributed by atoms with van der Waals surface area (Å²) in [6.45, 7) is 2.49. The molecule has 0 radical (unpaired) electrons. The third-order valence-corrected chi connectivity index (χ3v) is 2.88. The van der Waals surface area contributed by atoms with Crippen LogP contribution in [0.2, 0.25) is 0 Å². The molecule has 0 spiro atoms. The number of thioether (sulfide) groups is 1. The standard InChI is InChI=1S/C11H22N2O3S/c1-9(6-8-17-2)13-11(16)12-7-4-3-5-10(14)15/h9H,3-8H2,1-2H3,(H,14,15)(H2,12,13,16). The van der Waals surface area contributed by atoms with E-state index in [2.05, 4.69) is 10.6 Å². The molecule has 0 aliphatic carbocycles. The Hall–Kier alpha value is -0.910. The summed E-state index contributed by atoms with van der Waals surface area (Å²) in [6, 6.07) is -0.00426. The van der Waals surface area contributed by atoms with Crippen LogP contribution >= 0.6 is 11.8 Å². The van der Waals surface area contributed by atoms with Gasteiger partial charge in [-0.2, -0.15) is 11.8 Å². The van der Waals surface area contributed by atoms with Crippen LogP contribution in [0.3, 0.4) is 0 Å². The minimum absolute atomic E-state index is 0.160. The van der Waals surface area contributed by atoms with Crippen molar-refractivity contribution in [3.8, 4) is 0 Å². The van der Waals surface area contributed by atoms with Gasteiger partial charge in [0.05, 0.1) is 0 Å². The highest BCUT2D eigenvalue weighted by atomic mass is 32.2. The number of nitrogens with one attached hydrogen (secondary N) is 2. The van der Waals surface area contributed by atoms with Gasteiger partial charge in [-0.1, -0.05) is 0 Å². The van der Waals surface area contributed by atoms with Crippen LogP contribution in [0, 0.1) is 0 Å². The third-order valence-electron chi connectivity index (χ3n) is 2.24. The van der Waals surface area contributed by atoms with E-state index in [4.69, 9.17) is 5.11 Å². The molecule has 2 amide bonds. The predicted molar refractivity (Wildman–Crippen MR) is 70.5 cm³/mol. The highest BCUT2D eigenvalue weighted by Gasteiger charge is 2.05. The molecule has 17 heavy (non-hydrogen) atoms. The summed E-state index contributed by atoms with van der Waals surface area (Å²) < 4.78 is 0. The Bertz CT molecular complexity index is 237. The Morgan fingerprint density at radius 3 is 2.65 bits per heavy atom. The Balaban J connectivity index is 3.42. The fourth-order valence-corrected chi connectivity index (χ4v) is 1.83. The average molecular weight is 262 g/mol. The summed E-state index contributed by atoms with van der Waals surface area (Å²) >= 11 is 1.76. The molecule has 1 atom stereocenters. The monoisotopic (exact) mass is 262 g/mol. The number of carbonyl (C=O) groups excluding carboxylic acids is 1. The molecule has 0 fully saturated rings. The molecule has 5 nitrogen and oxygen atoms in total. The van der Waals surface area contributed by atoms with Crippen LogP contribution in [0.15, 0.2) is 0 Å². The van der Waals surface area contributed by atoms with Crippen molar-refractivity contribution in [3.05, 3.63) is 0 Å². The van der Waals surface area contributed by atoms with E-state index in [1.54, 1.807) is 11.8 Å².